The predicted molar refractivity (Wildman–Crippen MR) is 116 cm³/mol. The number of quaternary nitrogens is 1. The van der Waals surface area contributed by atoms with E-state index in [-0.39, 0.29) is 0 Å². The van der Waals surface area contributed by atoms with Gasteiger partial charge in [0.05, 0.1) is 0 Å². The van der Waals surface area contributed by atoms with Gasteiger partial charge in [-0.1, -0.05) is 81.8 Å². The Morgan fingerprint density at radius 2 is 1.41 bits per heavy atom. The van der Waals surface area contributed by atoms with Crippen LogP contribution in [0, 0.1) is 0 Å². The largest absolute Gasteiger partial charge is 0.741 e. The monoisotopic (exact) mass is 471 g/mol. The van der Waals surface area contributed by atoms with Crippen LogP contribution in [0.4, 0.5) is 18.9 Å². The van der Waals surface area contributed by atoms with E-state index in [1.807, 2.05) is 0 Å². The number of rotatable bonds is 4. The van der Waals surface area contributed by atoms with Crippen molar-refractivity contribution in [3.8, 4) is 0 Å². The summed E-state index contributed by atoms with van der Waals surface area (Å²) in [6.07, 6.45) is 2.28. The molecule has 0 aromatic heterocycles. The summed E-state index contributed by atoms with van der Waals surface area (Å²) < 4.78 is 58.9. The highest BCUT2D eigenvalue weighted by molar-refractivity contribution is 7.86. The van der Waals surface area contributed by atoms with Gasteiger partial charge < -0.3 is 4.55 Å². The quantitative estimate of drug-likeness (QED) is 0.523. The van der Waals surface area contributed by atoms with Crippen LogP contribution in [-0.2, 0) is 10.1 Å². The lowest BCUT2D eigenvalue weighted by Gasteiger charge is -2.22. The van der Waals surface area contributed by atoms with Gasteiger partial charge in [0.1, 0.15) is 11.9 Å². The first-order valence-corrected chi connectivity index (χ1v) is 11.4. The Balaban J connectivity index is 0.000000390. The van der Waals surface area contributed by atoms with Gasteiger partial charge in [0.15, 0.2) is 15.8 Å². The molecule has 0 saturated carbocycles. The normalized spacial score (nSPS) is 16.8. The molecule has 0 bridgehead atoms. The highest BCUT2D eigenvalue weighted by atomic mass is 32.2. The lowest BCUT2D eigenvalue weighted by Crippen LogP contribution is -3.09. The third-order valence-electron chi connectivity index (χ3n) is 4.93. The molecule has 1 unspecified atom stereocenters. The predicted octanol–water partition coefficient (Wildman–Crippen LogP) is 3.86. The molecule has 0 aliphatic carbocycles. The molecule has 2 aromatic rings. The Hall–Kier alpha value is -2.40. The summed E-state index contributed by atoms with van der Waals surface area (Å²) in [4.78, 5) is 0. The number of benzene rings is 2. The van der Waals surface area contributed by atoms with E-state index < -0.39 is 15.6 Å². The molecule has 0 saturated heterocycles. The highest BCUT2D eigenvalue weighted by Crippen LogP contribution is 2.30. The molecule has 0 fully saturated rings. The van der Waals surface area contributed by atoms with Gasteiger partial charge in [-0.25, -0.2) is 8.42 Å². The van der Waals surface area contributed by atoms with E-state index in [0.717, 1.165) is 0 Å². The van der Waals surface area contributed by atoms with Gasteiger partial charge in [-0.2, -0.15) is 18.2 Å². The zero-order chi connectivity index (χ0) is 24.3. The minimum atomic E-state index is -6.09. The summed E-state index contributed by atoms with van der Waals surface area (Å²) in [6.45, 7) is 9.07. The molecule has 0 radical (unpaired) electrons. The van der Waals surface area contributed by atoms with E-state index in [0.29, 0.717) is 11.8 Å². The van der Waals surface area contributed by atoms with E-state index in [4.69, 9.17) is 13.0 Å². The number of alkyl halides is 3. The molecule has 6 nitrogen and oxygen atoms in total. The average molecular weight is 472 g/mol. The second-order valence-electron chi connectivity index (χ2n) is 8.00. The smallest absolute Gasteiger partial charge is 0.485 e. The van der Waals surface area contributed by atoms with Crippen molar-refractivity contribution in [1.29, 1.82) is 0 Å². The Morgan fingerprint density at radius 1 is 0.938 bits per heavy atom. The molecule has 0 spiro atoms. The molecule has 1 aliphatic rings. The Morgan fingerprint density at radius 3 is 1.81 bits per heavy atom. The van der Waals surface area contributed by atoms with Crippen molar-refractivity contribution in [3.63, 3.8) is 0 Å². The maximum atomic E-state index is 10.7. The molecule has 176 valence electrons. The van der Waals surface area contributed by atoms with Gasteiger partial charge in [0.25, 0.3) is 0 Å². The fraction of sp³-hybridized carbons (Fsp3) is 0.364. The minimum absolute atomic E-state index is 0.493. The van der Waals surface area contributed by atoms with Crippen molar-refractivity contribution in [1.82, 2.24) is 10.5 Å². The van der Waals surface area contributed by atoms with Gasteiger partial charge in [-0.3, -0.25) is 5.01 Å². The maximum Gasteiger partial charge on any atom is 0.485 e. The summed E-state index contributed by atoms with van der Waals surface area (Å²) in [5.41, 5.74) is 4.53. The van der Waals surface area contributed by atoms with E-state index >= 15 is 0 Å². The van der Waals surface area contributed by atoms with Crippen LogP contribution >= 0.6 is 0 Å². The SMILES string of the molecule is CC(C)c1cccc(C(C)C)c1[NH+]1C=C(c2ccccc2)N(C)N1.O=S(=O)([O-])C(F)(F)F. The highest BCUT2D eigenvalue weighted by Gasteiger charge is 2.37. The molecule has 2 aromatic carbocycles. The Bertz CT molecular complexity index is 1030. The summed E-state index contributed by atoms with van der Waals surface area (Å²) in [7, 11) is -4.01. The van der Waals surface area contributed by atoms with Crippen LogP contribution in [0.3, 0.4) is 0 Å². The fourth-order valence-corrected chi connectivity index (χ4v) is 3.38. The van der Waals surface area contributed by atoms with E-state index in [2.05, 4.69) is 100 Å². The second-order valence-corrected chi connectivity index (χ2v) is 9.37. The van der Waals surface area contributed by atoms with Gasteiger partial charge in [0.2, 0.25) is 0 Å². The topological polar surface area (TPSA) is 76.9 Å². The van der Waals surface area contributed by atoms with Crippen LogP contribution in [0.25, 0.3) is 5.70 Å². The molecule has 2 N–H and O–H groups in total. The van der Waals surface area contributed by atoms with Crippen molar-refractivity contribution < 1.29 is 31.2 Å². The number of hydrogen-bond acceptors (Lipinski definition) is 5. The summed E-state index contributed by atoms with van der Waals surface area (Å²) in [5.74, 6) is 0.986. The Kier molecular flexibility index (Phi) is 8.11. The van der Waals surface area contributed by atoms with Crippen molar-refractivity contribution in [2.45, 2.75) is 45.0 Å². The number of nitrogens with one attached hydrogen (secondary N) is 2. The summed E-state index contributed by atoms with van der Waals surface area (Å²) in [6, 6.07) is 17.3. The van der Waals surface area contributed by atoms with Crippen LogP contribution < -0.4 is 10.5 Å². The summed E-state index contributed by atoms with van der Waals surface area (Å²) in [5, 5.41) is 3.32. The van der Waals surface area contributed by atoms with Gasteiger partial charge in [-0.15, -0.1) is 0 Å². The van der Waals surface area contributed by atoms with Gasteiger partial charge >= 0.3 is 5.51 Å². The number of hydrogen-bond donors (Lipinski definition) is 2. The number of nitrogens with zero attached hydrogens (tertiary/aromatic N) is 1. The van der Waals surface area contributed by atoms with E-state index in [1.165, 1.54) is 33.1 Å². The molecule has 1 aliphatic heterocycles. The third kappa shape index (κ3) is 6.10. The number of halogens is 3. The zero-order valence-corrected chi connectivity index (χ0v) is 19.4. The van der Waals surface area contributed by atoms with Crippen LogP contribution in [0.5, 0.6) is 0 Å². The molecule has 10 heteroatoms. The lowest BCUT2D eigenvalue weighted by atomic mass is 9.92. The first kappa shape index (κ1) is 25.9. The maximum absolute atomic E-state index is 10.7. The molecule has 32 heavy (non-hydrogen) atoms. The van der Waals surface area contributed by atoms with Crippen LogP contribution in [0.2, 0.25) is 0 Å². The molecule has 1 heterocycles. The minimum Gasteiger partial charge on any atom is -0.741 e. The van der Waals surface area contributed by atoms with Crippen molar-refractivity contribution in [2.75, 3.05) is 7.05 Å². The molecule has 0 amide bonds. The van der Waals surface area contributed by atoms with Gasteiger partial charge in [0, 0.05) is 23.7 Å². The second kappa shape index (κ2) is 10.0. The van der Waals surface area contributed by atoms with Crippen LogP contribution in [-0.4, -0.2) is 30.5 Å². The van der Waals surface area contributed by atoms with E-state index in [1.54, 1.807) is 0 Å². The molecular formula is C22H28F3N3O3S. The number of para-hydroxylation sites is 1. The van der Waals surface area contributed by atoms with Crippen molar-refractivity contribution in [3.05, 3.63) is 71.4 Å². The van der Waals surface area contributed by atoms with Crippen LogP contribution in [0.1, 0.15) is 56.2 Å². The zero-order valence-electron chi connectivity index (χ0n) is 18.6. The van der Waals surface area contributed by atoms with Gasteiger partial charge in [-0.05, 0) is 11.8 Å². The molecule has 1 atom stereocenters. The first-order chi connectivity index (χ1) is 14.7. The molecule has 3 rings (SSSR count). The third-order valence-corrected chi connectivity index (χ3v) is 5.49. The lowest BCUT2D eigenvalue weighted by molar-refractivity contribution is -0.835. The van der Waals surface area contributed by atoms with Crippen molar-refractivity contribution in [2.24, 2.45) is 0 Å². The standard InChI is InChI=1S/C21H27N3.CHF3O3S/c1-15(2)18-12-9-13-19(16(3)4)21(18)24-14-20(23(5)22-24)17-10-7-6-8-11-17;2-1(3,4)8(5,6)7/h6-16,22H,1-5H3;(H,5,6,7). The molecular weight excluding hydrogens is 443 g/mol. The van der Waals surface area contributed by atoms with Crippen molar-refractivity contribution >= 4 is 21.5 Å². The van der Waals surface area contributed by atoms with E-state index in [9.17, 15) is 13.2 Å². The number of hydrazine groups is 1. The summed E-state index contributed by atoms with van der Waals surface area (Å²) >= 11 is 0. The van der Waals surface area contributed by atoms with Crippen LogP contribution in [0.15, 0.2) is 54.7 Å². The average Bonchev–Trinajstić information content (AvgIpc) is 3.08. The first-order valence-electron chi connectivity index (χ1n) is 10.0. The fourth-order valence-electron chi connectivity index (χ4n) is 3.38. The Labute approximate surface area is 187 Å².